The predicted octanol–water partition coefficient (Wildman–Crippen LogP) is 2.25. The number of rotatable bonds is 2. The standard InChI is InChI=1S/C15H12ClN5O/c16-13-10(5-17-8-18-13)9-6-21(7-9)15(22)14-19-11-3-1-2-4-12(11)20-14/h1-5,8-9H,6-7H2,(H,19,20). The summed E-state index contributed by atoms with van der Waals surface area (Å²) in [6, 6.07) is 7.59. The number of H-pyrrole nitrogens is 1. The van der Waals surface area contributed by atoms with Gasteiger partial charge in [0.25, 0.3) is 5.91 Å². The molecule has 6 nitrogen and oxygen atoms in total. The molecule has 1 aliphatic heterocycles. The van der Waals surface area contributed by atoms with Gasteiger partial charge in [-0.2, -0.15) is 0 Å². The van der Waals surface area contributed by atoms with E-state index in [0.717, 1.165) is 16.6 Å². The number of carbonyl (C=O) groups is 1. The van der Waals surface area contributed by atoms with Gasteiger partial charge in [0, 0.05) is 30.8 Å². The third kappa shape index (κ3) is 2.12. The lowest BCUT2D eigenvalue weighted by atomic mass is 9.93. The zero-order valence-electron chi connectivity index (χ0n) is 11.5. The second-order valence-electron chi connectivity index (χ2n) is 5.28. The number of aromatic amines is 1. The van der Waals surface area contributed by atoms with Gasteiger partial charge in [0.15, 0.2) is 5.82 Å². The van der Waals surface area contributed by atoms with Crippen molar-refractivity contribution in [3.63, 3.8) is 0 Å². The Hall–Kier alpha value is -2.47. The van der Waals surface area contributed by atoms with Gasteiger partial charge in [-0.15, -0.1) is 0 Å². The topological polar surface area (TPSA) is 74.8 Å². The van der Waals surface area contributed by atoms with Gasteiger partial charge in [-0.05, 0) is 12.1 Å². The van der Waals surface area contributed by atoms with Gasteiger partial charge in [-0.25, -0.2) is 15.0 Å². The first-order valence-electron chi connectivity index (χ1n) is 6.92. The molecule has 3 heterocycles. The van der Waals surface area contributed by atoms with Gasteiger partial charge in [-0.1, -0.05) is 23.7 Å². The van der Waals surface area contributed by atoms with E-state index in [1.807, 2.05) is 24.3 Å². The molecule has 0 unspecified atom stereocenters. The fourth-order valence-electron chi connectivity index (χ4n) is 2.64. The maximum atomic E-state index is 12.4. The van der Waals surface area contributed by atoms with Crippen LogP contribution < -0.4 is 0 Å². The number of halogens is 1. The number of nitrogens with one attached hydrogen (secondary N) is 1. The van der Waals surface area contributed by atoms with Crippen molar-refractivity contribution < 1.29 is 4.79 Å². The molecule has 1 aromatic carbocycles. The Morgan fingerprint density at radius 2 is 2.14 bits per heavy atom. The monoisotopic (exact) mass is 313 g/mol. The van der Waals surface area contributed by atoms with Crippen molar-refractivity contribution >= 4 is 28.5 Å². The Kier molecular flexibility index (Phi) is 3.04. The van der Waals surface area contributed by atoms with E-state index in [4.69, 9.17) is 11.6 Å². The molecule has 7 heteroatoms. The number of carbonyl (C=O) groups excluding carboxylic acids is 1. The summed E-state index contributed by atoms with van der Waals surface area (Å²) in [6.07, 6.45) is 3.13. The van der Waals surface area contributed by atoms with E-state index in [9.17, 15) is 4.79 Å². The summed E-state index contributed by atoms with van der Waals surface area (Å²) in [4.78, 5) is 29.5. The van der Waals surface area contributed by atoms with Gasteiger partial charge >= 0.3 is 0 Å². The zero-order chi connectivity index (χ0) is 15.1. The number of imidazole rings is 1. The molecule has 1 amide bonds. The molecule has 0 radical (unpaired) electrons. The Balaban J connectivity index is 1.50. The van der Waals surface area contributed by atoms with E-state index in [1.54, 1.807) is 11.1 Å². The van der Waals surface area contributed by atoms with Crippen molar-refractivity contribution in [2.75, 3.05) is 13.1 Å². The quantitative estimate of drug-likeness (QED) is 0.736. The molecule has 0 bridgehead atoms. The molecule has 1 N–H and O–H groups in total. The summed E-state index contributed by atoms with van der Waals surface area (Å²) in [5.41, 5.74) is 2.54. The molecule has 2 aromatic heterocycles. The Labute approximate surface area is 131 Å². The number of para-hydroxylation sites is 2. The van der Waals surface area contributed by atoms with Crippen LogP contribution in [-0.4, -0.2) is 43.8 Å². The molecular weight excluding hydrogens is 302 g/mol. The molecule has 4 rings (SSSR count). The minimum atomic E-state index is -0.0968. The molecule has 1 aliphatic rings. The number of amides is 1. The number of likely N-dealkylation sites (tertiary alicyclic amines) is 1. The molecule has 1 fully saturated rings. The van der Waals surface area contributed by atoms with E-state index in [1.165, 1.54) is 6.33 Å². The van der Waals surface area contributed by atoms with Crippen LogP contribution in [-0.2, 0) is 0 Å². The highest BCUT2D eigenvalue weighted by Crippen LogP contribution is 2.31. The summed E-state index contributed by atoms with van der Waals surface area (Å²) in [6.45, 7) is 1.20. The minimum Gasteiger partial charge on any atom is -0.335 e. The minimum absolute atomic E-state index is 0.0968. The number of benzene rings is 1. The van der Waals surface area contributed by atoms with Gasteiger partial charge in [0.2, 0.25) is 0 Å². The lowest BCUT2D eigenvalue weighted by molar-refractivity contribution is 0.0590. The molecule has 0 aliphatic carbocycles. The number of nitrogens with zero attached hydrogens (tertiary/aromatic N) is 4. The van der Waals surface area contributed by atoms with Crippen LogP contribution in [0, 0.1) is 0 Å². The Morgan fingerprint density at radius 3 is 2.91 bits per heavy atom. The lowest BCUT2D eigenvalue weighted by Crippen LogP contribution is -2.48. The van der Waals surface area contributed by atoms with E-state index in [0.29, 0.717) is 24.1 Å². The van der Waals surface area contributed by atoms with E-state index in [2.05, 4.69) is 19.9 Å². The molecule has 0 spiro atoms. The summed E-state index contributed by atoms with van der Waals surface area (Å²) < 4.78 is 0. The summed E-state index contributed by atoms with van der Waals surface area (Å²) in [5, 5.41) is 0.454. The molecule has 3 aromatic rings. The van der Waals surface area contributed by atoms with Crippen LogP contribution >= 0.6 is 11.6 Å². The van der Waals surface area contributed by atoms with Crippen molar-refractivity contribution in [2.45, 2.75) is 5.92 Å². The van der Waals surface area contributed by atoms with Crippen LogP contribution in [0.25, 0.3) is 11.0 Å². The maximum absolute atomic E-state index is 12.4. The van der Waals surface area contributed by atoms with Crippen molar-refractivity contribution in [3.8, 4) is 0 Å². The van der Waals surface area contributed by atoms with Gasteiger partial charge in [0.1, 0.15) is 11.5 Å². The van der Waals surface area contributed by atoms with Crippen LogP contribution in [0.5, 0.6) is 0 Å². The van der Waals surface area contributed by atoms with Crippen LogP contribution in [0.3, 0.4) is 0 Å². The van der Waals surface area contributed by atoms with E-state index in [-0.39, 0.29) is 11.8 Å². The third-order valence-electron chi connectivity index (χ3n) is 3.89. The number of hydrogen-bond acceptors (Lipinski definition) is 4. The molecule has 1 saturated heterocycles. The number of fused-ring (bicyclic) bond motifs is 1. The zero-order valence-corrected chi connectivity index (χ0v) is 12.3. The molecule has 110 valence electrons. The first-order chi connectivity index (χ1) is 10.7. The fourth-order valence-corrected chi connectivity index (χ4v) is 2.89. The summed E-state index contributed by atoms with van der Waals surface area (Å²) >= 11 is 6.06. The van der Waals surface area contributed by atoms with Crippen LogP contribution in [0.1, 0.15) is 22.1 Å². The smallest absolute Gasteiger partial charge is 0.289 e. The Morgan fingerprint density at radius 1 is 1.32 bits per heavy atom. The highest BCUT2D eigenvalue weighted by atomic mass is 35.5. The molecule has 0 atom stereocenters. The van der Waals surface area contributed by atoms with Crippen LogP contribution in [0.2, 0.25) is 5.15 Å². The SMILES string of the molecule is O=C(c1nc2ccccc2[nH]1)N1CC(c2cncnc2Cl)C1. The van der Waals surface area contributed by atoms with Crippen molar-refractivity contribution in [1.82, 2.24) is 24.8 Å². The number of hydrogen-bond donors (Lipinski definition) is 1. The van der Waals surface area contributed by atoms with Gasteiger partial charge in [-0.3, -0.25) is 4.79 Å². The number of aromatic nitrogens is 4. The first-order valence-corrected chi connectivity index (χ1v) is 7.29. The van der Waals surface area contributed by atoms with Gasteiger partial charge in [0.05, 0.1) is 11.0 Å². The van der Waals surface area contributed by atoms with Crippen molar-refractivity contribution in [2.24, 2.45) is 0 Å². The maximum Gasteiger partial charge on any atom is 0.289 e. The molecule has 22 heavy (non-hydrogen) atoms. The van der Waals surface area contributed by atoms with E-state index < -0.39 is 0 Å². The average molecular weight is 314 g/mol. The fraction of sp³-hybridized carbons (Fsp3) is 0.200. The van der Waals surface area contributed by atoms with Crippen molar-refractivity contribution in [3.05, 3.63) is 53.3 Å². The highest BCUT2D eigenvalue weighted by Gasteiger charge is 2.35. The predicted molar refractivity (Wildman–Crippen MR) is 81.8 cm³/mol. The summed E-state index contributed by atoms with van der Waals surface area (Å²) in [7, 11) is 0. The Bertz CT molecular complexity index is 823. The third-order valence-corrected chi connectivity index (χ3v) is 4.21. The largest absolute Gasteiger partial charge is 0.335 e. The van der Waals surface area contributed by atoms with E-state index >= 15 is 0 Å². The van der Waals surface area contributed by atoms with Crippen LogP contribution in [0.4, 0.5) is 0 Å². The second kappa shape index (κ2) is 5.06. The average Bonchev–Trinajstić information content (AvgIpc) is 2.91. The highest BCUT2D eigenvalue weighted by molar-refractivity contribution is 6.30. The lowest BCUT2D eigenvalue weighted by Gasteiger charge is -2.38. The van der Waals surface area contributed by atoms with Gasteiger partial charge < -0.3 is 9.88 Å². The van der Waals surface area contributed by atoms with Crippen molar-refractivity contribution in [1.29, 1.82) is 0 Å². The summed E-state index contributed by atoms with van der Waals surface area (Å²) in [5.74, 6) is 0.456. The van der Waals surface area contributed by atoms with Crippen LogP contribution in [0.15, 0.2) is 36.8 Å². The molecule has 0 saturated carbocycles. The first kappa shape index (κ1) is 13.2. The normalized spacial score (nSPS) is 15.0. The molecular formula is C15H12ClN5O. The second-order valence-corrected chi connectivity index (χ2v) is 5.64.